The van der Waals surface area contributed by atoms with Gasteiger partial charge in [0.1, 0.15) is 0 Å². The molecule has 0 aromatic heterocycles. The van der Waals surface area contributed by atoms with Gasteiger partial charge in [-0.25, -0.2) is 13.2 Å². The summed E-state index contributed by atoms with van der Waals surface area (Å²) in [4.78, 5) is 11.7. The van der Waals surface area contributed by atoms with Crippen LogP contribution < -0.4 is 10.6 Å². The third kappa shape index (κ3) is 4.26. The van der Waals surface area contributed by atoms with E-state index in [1.807, 2.05) is 0 Å². The summed E-state index contributed by atoms with van der Waals surface area (Å²) in [6.45, 7) is 0. The number of carbonyl (C=O) groups is 1. The van der Waals surface area contributed by atoms with Gasteiger partial charge in [-0.3, -0.25) is 0 Å². The highest BCUT2D eigenvalue weighted by atomic mass is 35.5. The van der Waals surface area contributed by atoms with Crippen LogP contribution in [0.1, 0.15) is 5.56 Å². The highest BCUT2D eigenvalue weighted by Crippen LogP contribution is 2.30. The summed E-state index contributed by atoms with van der Waals surface area (Å²) in [5.74, 6) is -0.541. The molecule has 0 aliphatic carbocycles. The minimum atomic E-state index is -4.52. The number of benzene rings is 1. The van der Waals surface area contributed by atoms with E-state index in [1.54, 1.807) is 0 Å². The van der Waals surface area contributed by atoms with Crippen molar-refractivity contribution < 1.29 is 26.4 Å². The lowest BCUT2D eigenvalue weighted by atomic mass is 10.2. The highest BCUT2D eigenvalue weighted by Gasteiger charge is 2.37. The molecule has 2 atom stereocenters. The molecule has 0 radical (unpaired) electrons. The third-order valence-corrected chi connectivity index (χ3v) is 5.42. The molecule has 2 rings (SSSR count). The maximum Gasteiger partial charge on any atom is 0.416 e. The number of sulfone groups is 1. The Morgan fingerprint density at radius 2 is 1.95 bits per heavy atom. The molecule has 1 aromatic carbocycles. The summed E-state index contributed by atoms with van der Waals surface area (Å²) < 4.78 is 60.4. The molecule has 10 heteroatoms. The van der Waals surface area contributed by atoms with Crippen molar-refractivity contribution in [1.29, 1.82) is 0 Å². The number of alkyl halides is 4. The number of anilines is 1. The van der Waals surface area contributed by atoms with Gasteiger partial charge in [-0.05, 0) is 18.2 Å². The molecule has 2 unspecified atom stereocenters. The largest absolute Gasteiger partial charge is 0.416 e. The molecule has 5 nitrogen and oxygen atoms in total. The molecule has 1 saturated heterocycles. The van der Waals surface area contributed by atoms with Crippen molar-refractivity contribution in [3.63, 3.8) is 0 Å². The molecule has 122 valence electrons. The van der Waals surface area contributed by atoms with Gasteiger partial charge in [-0.2, -0.15) is 13.2 Å². The first-order valence-electron chi connectivity index (χ1n) is 6.16. The van der Waals surface area contributed by atoms with E-state index in [0.717, 1.165) is 18.2 Å². The number of nitrogens with one attached hydrogen (secondary N) is 2. The fourth-order valence-corrected chi connectivity index (χ4v) is 4.60. The van der Waals surface area contributed by atoms with Crippen LogP contribution in [0, 0.1) is 0 Å². The zero-order valence-corrected chi connectivity index (χ0v) is 12.6. The van der Waals surface area contributed by atoms with Gasteiger partial charge in [0.15, 0.2) is 9.84 Å². The van der Waals surface area contributed by atoms with Crippen LogP contribution in [0.25, 0.3) is 0 Å². The van der Waals surface area contributed by atoms with E-state index in [9.17, 15) is 26.4 Å². The van der Waals surface area contributed by atoms with Crippen molar-refractivity contribution in [3.05, 3.63) is 29.8 Å². The van der Waals surface area contributed by atoms with Crippen molar-refractivity contribution >= 4 is 33.2 Å². The van der Waals surface area contributed by atoms with Crippen LogP contribution >= 0.6 is 11.6 Å². The molecule has 1 aliphatic rings. The minimum absolute atomic E-state index is 0.0562. The fourth-order valence-electron chi connectivity index (χ4n) is 2.05. The molecule has 0 bridgehead atoms. The van der Waals surface area contributed by atoms with Crippen molar-refractivity contribution in [2.24, 2.45) is 0 Å². The summed E-state index contributed by atoms with van der Waals surface area (Å²) in [6.07, 6.45) is -4.52. The highest BCUT2D eigenvalue weighted by molar-refractivity contribution is 7.91. The molecular weight excluding hydrogens is 345 g/mol. The van der Waals surface area contributed by atoms with E-state index in [1.165, 1.54) is 6.07 Å². The summed E-state index contributed by atoms with van der Waals surface area (Å²) in [5, 5.41) is 3.81. The zero-order valence-electron chi connectivity index (χ0n) is 11.0. The number of hydrogen-bond acceptors (Lipinski definition) is 3. The molecule has 0 spiro atoms. The first kappa shape index (κ1) is 16.9. The predicted molar refractivity (Wildman–Crippen MR) is 75.7 cm³/mol. The summed E-state index contributed by atoms with van der Waals surface area (Å²) >= 11 is 5.82. The van der Waals surface area contributed by atoms with Gasteiger partial charge in [-0.15, -0.1) is 11.6 Å². The predicted octanol–water partition coefficient (Wildman–Crippen LogP) is 2.23. The van der Waals surface area contributed by atoms with Crippen molar-refractivity contribution in [1.82, 2.24) is 5.32 Å². The average molecular weight is 357 g/mol. The number of hydrogen-bond donors (Lipinski definition) is 2. The van der Waals surface area contributed by atoms with Crippen molar-refractivity contribution in [3.8, 4) is 0 Å². The van der Waals surface area contributed by atoms with Gasteiger partial charge in [-0.1, -0.05) is 6.07 Å². The van der Waals surface area contributed by atoms with Gasteiger partial charge < -0.3 is 10.6 Å². The van der Waals surface area contributed by atoms with Crippen LogP contribution in [0.4, 0.5) is 23.7 Å². The van der Waals surface area contributed by atoms with Gasteiger partial charge in [0, 0.05) is 5.69 Å². The number of halogens is 4. The maximum atomic E-state index is 12.6. The average Bonchev–Trinajstić information content (AvgIpc) is 2.61. The SMILES string of the molecule is O=C(Nc1cccc(C(F)(F)F)c1)NC1CS(=O)(=O)CC1Cl. The molecule has 0 saturated carbocycles. The molecular formula is C12H12ClF3N2O3S. The van der Waals surface area contributed by atoms with E-state index in [0.29, 0.717) is 0 Å². The number of rotatable bonds is 2. The summed E-state index contributed by atoms with van der Waals surface area (Å²) in [6, 6.07) is 2.51. The second-order valence-corrected chi connectivity index (χ2v) is 7.59. The second kappa shape index (κ2) is 5.96. The molecule has 2 amide bonds. The number of carbonyl (C=O) groups excluding carboxylic acids is 1. The third-order valence-electron chi connectivity index (χ3n) is 3.05. The molecule has 1 aromatic rings. The Labute approximate surface area is 129 Å². The normalized spacial score (nSPS) is 24.0. The zero-order chi connectivity index (χ0) is 16.5. The Balaban J connectivity index is 2.01. The maximum absolute atomic E-state index is 12.6. The quantitative estimate of drug-likeness (QED) is 0.798. The Hall–Kier alpha value is -1.48. The van der Waals surface area contributed by atoms with E-state index in [-0.39, 0.29) is 17.2 Å². The summed E-state index contributed by atoms with van der Waals surface area (Å²) in [7, 11) is -3.31. The van der Waals surface area contributed by atoms with Gasteiger partial charge in [0.2, 0.25) is 0 Å². The van der Waals surface area contributed by atoms with Crippen LogP contribution in [0.5, 0.6) is 0 Å². The lowest BCUT2D eigenvalue weighted by molar-refractivity contribution is -0.137. The van der Waals surface area contributed by atoms with E-state index in [4.69, 9.17) is 11.6 Å². The first-order chi connectivity index (χ1) is 10.1. The van der Waals surface area contributed by atoms with Gasteiger partial charge >= 0.3 is 12.2 Å². The molecule has 22 heavy (non-hydrogen) atoms. The van der Waals surface area contributed by atoms with E-state index < -0.39 is 39.0 Å². The minimum Gasteiger partial charge on any atom is -0.333 e. The lowest BCUT2D eigenvalue weighted by Crippen LogP contribution is -2.42. The van der Waals surface area contributed by atoms with Crippen LogP contribution in [0.15, 0.2) is 24.3 Å². The standard InChI is InChI=1S/C12H12ClF3N2O3S/c13-9-5-22(20,21)6-10(9)18-11(19)17-8-3-1-2-7(4-8)12(14,15)16/h1-4,9-10H,5-6H2,(H2,17,18,19). The Morgan fingerprint density at radius 3 is 2.50 bits per heavy atom. The topological polar surface area (TPSA) is 75.3 Å². The molecule has 1 heterocycles. The van der Waals surface area contributed by atoms with Crippen LogP contribution in [0.2, 0.25) is 0 Å². The lowest BCUT2D eigenvalue weighted by Gasteiger charge is -2.15. The van der Waals surface area contributed by atoms with Crippen LogP contribution in [-0.2, 0) is 16.0 Å². The molecule has 2 N–H and O–H groups in total. The Kier molecular flexibility index (Phi) is 4.57. The van der Waals surface area contributed by atoms with Crippen molar-refractivity contribution in [2.75, 3.05) is 16.8 Å². The summed E-state index contributed by atoms with van der Waals surface area (Å²) in [5.41, 5.74) is -0.955. The Morgan fingerprint density at radius 1 is 1.27 bits per heavy atom. The van der Waals surface area contributed by atoms with E-state index in [2.05, 4.69) is 10.6 Å². The number of amides is 2. The smallest absolute Gasteiger partial charge is 0.333 e. The Bertz CT molecular complexity index is 678. The molecule has 1 aliphatic heterocycles. The van der Waals surface area contributed by atoms with Crippen LogP contribution in [-0.4, -0.2) is 37.4 Å². The second-order valence-electron chi connectivity index (χ2n) is 4.88. The first-order valence-corrected chi connectivity index (χ1v) is 8.42. The monoisotopic (exact) mass is 356 g/mol. The van der Waals surface area contributed by atoms with Crippen molar-refractivity contribution in [2.45, 2.75) is 17.6 Å². The van der Waals surface area contributed by atoms with Crippen LogP contribution in [0.3, 0.4) is 0 Å². The fraction of sp³-hybridized carbons (Fsp3) is 0.417. The van der Waals surface area contributed by atoms with Gasteiger partial charge in [0.25, 0.3) is 0 Å². The van der Waals surface area contributed by atoms with Gasteiger partial charge in [0.05, 0.1) is 28.5 Å². The molecule has 1 fully saturated rings. The number of urea groups is 1. The van der Waals surface area contributed by atoms with E-state index >= 15 is 0 Å².